The zero-order valence-corrected chi connectivity index (χ0v) is 16.7. The number of esters is 1. The van der Waals surface area contributed by atoms with Crippen LogP contribution in [0.15, 0.2) is 47.1 Å². The van der Waals surface area contributed by atoms with Crippen molar-refractivity contribution in [3.8, 4) is 0 Å². The summed E-state index contributed by atoms with van der Waals surface area (Å²) in [6, 6.07) is 8.30. The number of carbonyl (C=O) groups is 4. The van der Waals surface area contributed by atoms with Crippen LogP contribution < -0.4 is 5.32 Å². The Balaban J connectivity index is 1.64. The Kier molecular flexibility index (Phi) is 6.38. The molecule has 0 spiro atoms. The van der Waals surface area contributed by atoms with Gasteiger partial charge < -0.3 is 14.5 Å². The third kappa shape index (κ3) is 4.34. The minimum atomic E-state index is -1.12. The van der Waals surface area contributed by atoms with Gasteiger partial charge in [-0.25, -0.2) is 4.79 Å². The number of carbonyl (C=O) groups excluding carboxylic acids is 4. The summed E-state index contributed by atoms with van der Waals surface area (Å²) in [6.07, 6.45) is 3.24. The molecular formula is C20H20N2O6S. The van der Waals surface area contributed by atoms with Crippen LogP contribution in [0, 0.1) is 0 Å². The summed E-state index contributed by atoms with van der Waals surface area (Å²) in [7, 11) is 0. The highest BCUT2D eigenvalue weighted by atomic mass is 32.2. The van der Waals surface area contributed by atoms with Crippen molar-refractivity contribution in [3.05, 3.63) is 59.5 Å². The van der Waals surface area contributed by atoms with Gasteiger partial charge in [0.1, 0.15) is 11.8 Å². The molecule has 2 heterocycles. The second-order valence-corrected chi connectivity index (χ2v) is 7.32. The molecular weight excluding hydrogens is 396 g/mol. The first-order valence-electron chi connectivity index (χ1n) is 8.89. The van der Waals surface area contributed by atoms with E-state index in [1.165, 1.54) is 18.0 Å². The predicted octanol–water partition coefficient (Wildman–Crippen LogP) is 2.03. The van der Waals surface area contributed by atoms with Gasteiger partial charge in [-0.15, -0.1) is 0 Å². The number of benzene rings is 1. The Morgan fingerprint density at radius 3 is 2.34 bits per heavy atom. The van der Waals surface area contributed by atoms with E-state index in [4.69, 9.17) is 9.15 Å². The van der Waals surface area contributed by atoms with E-state index in [2.05, 4.69) is 5.32 Å². The Labute approximate surface area is 171 Å². The van der Waals surface area contributed by atoms with Crippen LogP contribution in [0.4, 0.5) is 0 Å². The highest BCUT2D eigenvalue weighted by Gasteiger charge is 2.43. The molecule has 2 aromatic rings. The van der Waals surface area contributed by atoms with E-state index in [0.717, 1.165) is 4.90 Å². The van der Waals surface area contributed by atoms with E-state index in [9.17, 15) is 19.2 Å². The highest BCUT2D eigenvalue weighted by molar-refractivity contribution is 7.98. The number of amides is 3. The normalized spacial score (nSPS) is 15.0. The van der Waals surface area contributed by atoms with Crippen LogP contribution in [0.5, 0.6) is 0 Å². The van der Waals surface area contributed by atoms with Gasteiger partial charge in [0, 0.05) is 5.75 Å². The van der Waals surface area contributed by atoms with Gasteiger partial charge in [0.15, 0.2) is 6.61 Å². The van der Waals surface area contributed by atoms with Crippen LogP contribution in [0.2, 0.25) is 0 Å². The largest absolute Gasteiger partial charge is 0.467 e. The molecule has 152 valence electrons. The maximum absolute atomic E-state index is 12.6. The molecule has 1 aromatic carbocycles. The molecule has 8 nitrogen and oxygen atoms in total. The lowest BCUT2D eigenvalue weighted by Gasteiger charge is -2.24. The van der Waals surface area contributed by atoms with Crippen molar-refractivity contribution < 1.29 is 28.3 Å². The maximum Gasteiger partial charge on any atom is 0.330 e. The first kappa shape index (κ1) is 20.7. The fourth-order valence-electron chi connectivity index (χ4n) is 3.02. The number of nitrogens with zero attached hydrogens (tertiary/aromatic N) is 1. The first-order chi connectivity index (χ1) is 13.9. The zero-order valence-electron chi connectivity index (χ0n) is 15.9. The van der Waals surface area contributed by atoms with Gasteiger partial charge in [-0.1, -0.05) is 12.1 Å². The highest BCUT2D eigenvalue weighted by Crippen LogP contribution is 2.26. The molecule has 1 aliphatic heterocycles. The quantitative estimate of drug-likeness (QED) is 0.518. The molecule has 0 saturated carbocycles. The van der Waals surface area contributed by atoms with Gasteiger partial charge in [0.2, 0.25) is 0 Å². The number of imide groups is 1. The summed E-state index contributed by atoms with van der Waals surface area (Å²) in [5.74, 6) is -1.69. The average molecular weight is 416 g/mol. The van der Waals surface area contributed by atoms with Crippen molar-refractivity contribution in [2.45, 2.75) is 19.0 Å². The third-order valence-corrected chi connectivity index (χ3v) is 5.08. The monoisotopic (exact) mass is 416 g/mol. The van der Waals surface area contributed by atoms with Crippen molar-refractivity contribution in [1.29, 1.82) is 0 Å². The summed E-state index contributed by atoms with van der Waals surface area (Å²) in [5.41, 5.74) is 0.503. The van der Waals surface area contributed by atoms with Crippen LogP contribution in [-0.2, 0) is 14.3 Å². The van der Waals surface area contributed by atoms with Crippen LogP contribution in [0.3, 0.4) is 0 Å². The third-order valence-electron chi connectivity index (χ3n) is 4.43. The van der Waals surface area contributed by atoms with Crippen LogP contribution in [0.1, 0.15) is 39.4 Å². The lowest BCUT2D eigenvalue weighted by molar-refractivity contribution is -0.151. The summed E-state index contributed by atoms with van der Waals surface area (Å²) in [6.45, 7) is 1.20. The summed E-state index contributed by atoms with van der Waals surface area (Å²) in [4.78, 5) is 50.9. The standard InChI is InChI=1S/C20H20N2O6S/c1-12(16-8-5-9-27-16)21-17(23)10-28-20(26)15(11-29-2)22-18(24)13-6-3-4-7-14(13)19(22)25/h3-9,12,15H,10-11H2,1-2H3,(H,21,23)/t12-,15-/m0/s1. The summed E-state index contributed by atoms with van der Waals surface area (Å²) < 4.78 is 10.3. The lowest BCUT2D eigenvalue weighted by atomic mass is 10.1. The average Bonchev–Trinajstić information content (AvgIpc) is 3.33. The molecule has 0 saturated heterocycles. The number of ether oxygens (including phenoxy) is 1. The first-order valence-corrected chi connectivity index (χ1v) is 10.3. The van der Waals surface area contributed by atoms with Gasteiger partial charge >= 0.3 is 5.97 Å². The Morgan fingerprint density at radius 1 is 1.14 bits per heavy atom. The van der Waals surface area contributed by atoms with Gasteiger partial charge in [-0.2, -0.15) is 11.8 Å². The van der Waals surface area contributed by atoms with E-state index in [-0.39, 0.29) is 16.9 Å². The van der Waals surface area contributed by atoms with Gasteiger partial charge in [-0.3, -0.25) is 19.3 Å². The van der Waals surface area contributed by atoms with Gasteiger partial charge in [0.25, 0.3) is 17.7 Å². The van der Waals surface area contributed by atoms with Crippen molar-refractivity contribution in [2.75, 3.05) is 18.6 Å². The number of hydrogen-bond donors (Lipinski definition) is 1. The molecule has 1 aliphatic rings. The molecule has 1 aromatic heterocycles. The Morgan fingerprint density at radius 2 is 1.79 bits per heavy atom. The van der Waals surface area contributed by atoms with Gasteiger partial charge in [-0.05, 0) is 37.4 Å². The number of rotatable bonds is 8. The molecule has 0 fully saturated rings. The zero-order chi connectivity index (χ0) is 21.0. The summed E-state index contributed by atoms with van der Waals surface area (Å²) >= 11 is 1.29. The van der Waals surface area contributed by atoms with E-state index in [1.54, 1.807) is 49.6 Å². The van der Waals surface area contributed by atoms with Crippen LogP contribution >= 0.6 is 11.8 Å². The van der Waals surface area contributed by atoms with Crippen molar-refractivity contribution in [3.63, 3.8) is 0 Å². The smallest absolute Gasteiger partial charge is 0.330 e. The van der Waals surface area contributed by atoms with Gasteiger partial charge in [0.05, 0.1) is 23.4 Å². The topological polar surface area (TPSA) is 106 Å². The fourth-order valence-corrected chi connectivity index (χ4v) is 3.62. The van der Waals surface area contributed by atoms with E-state index in [0.29, 0.717) is 5.76 Å². The number of thioether (sulfide) groups is 1. The molecule has 3 amide bonds. The molecule has 3 rings (SSSR count). The molecule has 0 aliphatic carbocycles. The Bertz CT molecular complexity index is 892. The minimum absolute atomic E-state index is 0.161. The second-order valence-electron chi connectivity index (χ2n) is 6.41. The van der Waals surface area contributed by atoms with Crippen molar-refractivity contribution in [1.82, 2.24) is 10.2 Å². The maximum atomic E-state index is 12.6. The number of hydrogen-bond acceptors (Lipinski definition) is 7. The second kappa shape index (κ2) is 8.95. The molecule has 29 heavy (non-hydrogen) atoms. The number of fused-ring (bicyclic) bond motifs is 1. The van der Waals surface area contributed by atoms with Crippen molar-refractivity contribution in [2.24, 2.45) is 0 Å². The SMILES string of the molecule is CSC[C@@H](C(=O)OCC(=O)N[C@@H](C)c1ccco1)N1C(=O)c2ccccc2C1=O. The number of nitrogens with one attached hydrogen (secondary N) is 1. The molecule has 0 radical (unpaired) electrons. The van der Waals surface area contributed by atoms with Crippen molar-refractivity contribution >= 4 is 35.5 Å². The Hall–Kier alpha value is -3.07. The minimum Gasteiger partial charge on any atom is -0.467 e. The summed E-state index contributed by atoms with van der Waals surface area (Å²) in [5, 5.41) is 2.65. The van der Waals surface area contributed by atoms with Crippen LogP contribution in [0.25, 0.3) is 0 Å². The number of furan rings is 1. The molecule has 9 heteroatoms. The van der Waals surface area contributed by atoms with Crippen LogP contribution in [-0.4, -0.2) is 53.2 Å². The van der Waals surface area contributed by atoms with E-state index < -0.39 is 42.4 Å². The molecule has 0 bridgehead atoms. The fraction of sp³-hybridized carbons (Fsp3) is 0.300. The predicted molar refractivity (Wildman–Crippen MR) is 105 cm³/mol. The molecule has 2 atom stereocenters. The van der Waals surface area contributed by atoms with E-state index >= 15 is 0 Å². The molecule has 1 N–H and O–H groups in total. The van der Waals surface area contributed by atoms with E-state index in [1.807, 2.05) is 0 Å². The molecule has 0 unspecified atom stereocenters. The lowest BCUT2D eigenvalue weighted by Crippen LogP contribution is -2.48.